The molecule has 1 aliphatic heterocycles. The Morgan fingerprint density at radius 1 is 1.08 bits per heavy atom. The van der Waals surface area contributed by atoms with Gasteiger partial charge >= 0.3 is 5.97 Å². The Labute approximate surface area is 151 Å². The first-order chi connectivity index (χ1) is 12.4. The number of amides is 2. The molecular formula is C20H20N2O4. The minimum absolute atomic E-state index is 0.238. The van der Waals surface area contributed by atoms with Gasteiger partial charge in [-0.1, -0.05) is 37.3 Å². The van der Waals surface area contributed by atoms with Crippen LogP contribution in [0.15, 0.2) is 48.5 Å². The molecule has 0 aromatic heterocycles. The van der Waals surface area contributed by atoms with E-state index in [9.17, 15) is 14.4 Å². The maximum Gasteiger partial charge on any atom is 0.339 e. The molecule has 26 heavy (non-hydrogen) atoms. The van der Waals surface area contributed by atoms with Crippen LogP contribution in [0.1, 0.15) is 45.7 Å². The van der Waals surface area contributed by atoms with Gasteiger partial charge in [0.25, 0.3) is 11.8 Å². The Hall–Kier alpha value is -3.15. The molecule has 2 aromatic carbocycles. The van der Waals surface area contributed by atoms with Crippen molar-refractivity contribution in [2.75, 3.05) is 0 Å². The van der Waals surface area contributed by atoms with Gasteiger partial charge in [0, 0.05) is 12.0 Å². The van der Waals surface area contributed by atoms with E-state index in [1.165, 1.54) is 6.92 Å². The van der Waals surface area contributed by atoms with Crippen molar-refractivity contribution in [3.8, 4) is 0 Å². The summed E-state index contributed by atoms with van der Waals surface area (Å²) >= 11 is 0. The second-order valence-corrected chi connectivity index (χ2v) is 6.41. The third kappa shape index (κ3) is 3.44. The lowest BCUT2D eigenvalue weighted by Gasteiger charge is -2.32. The lowest BCUT2D eigenvalue weighted by Crippen LogP contribution is -2.56. The molecule has 0 radical (unpaired) electrons. The summed E-state index contributed by atoms with van der Waals surface area (Å²) < 4.78 is 5.33. The van der Waals surface area contributed by atoms with Crippen LogP contribution in [0.4, 0.5) is 0 Å². The van der Waals surface area contributed by atoms with Crippen LogP contribution in [0.3, 0.4) is 0 Å². The monoisotopic (exact) mass is 352 g/mol. The number of esters is 1. The highest BCUT2D eigenvalue weighted by molar-refractivity contribution is 5.99. The summed E-state index contributed by atoms with van der Waals surface area (Å²) in [6.07, 6.45) is 1.12. The summed E-state index contributed by atoms with van der Waals surface area (Å²) in [4.78, 5) is 36.8. The van der Waals surface area contributed by atoms with Crippen LogP contribution in [0, 0.1) is 0 Å². The normalized spacial score (nSPS) is 18.5. The Bertz CT molecular complexity index is 860. The van der Waals surface area contributed by atoms with Gasteiger partial charge in [0.05, 0.1) is 5.56 Å². The summed E-state index contributed by atoms with van der Waals surface area (Å²) in [5.41, 5.74) is 6.08. The highest BCUT2D eigenvalue weighted by Crippen LogP contribution is 2.28. The molecule has 1 atom stereocenters. The molecule has 0 fully saturated rings. The predicted molar refractivity (Wildman–Crippen MR) is 95.4 cm³/mol. The Balaban J connectivity index is 1.66. The number of carbonyl (C=O) groups is 3. The van der Waals surface area contributed by atoms with Crippen molar-refractivity contribution in [1.29, 1.82) is 0 Å². The van der Waals surface area contributed by atoms with Crippen molar-refractivity contribution in [3.05, 3.63) is 70.8 Å². The zero-order valence-electron chi connectivity index (χ0n) is 14.7. The molecule has 6 heteroatoms. The molecular weight excluding hydrogens is 332 g/mol. The van der Waals surface area contributed by atoms with E-state index in [1.54, 1.807) is 36.4 Å². The molecule has 0 aliphatic carbocycles. The molecule has 1 aliphatic rings. The van der Waals surface area contributed by atoms with Gasteiger partial charge in [0.15, 0.2) is 5.60 Å². The molecule has 0 bridgehead atoms. The van der Waals surface area contributed by atoms with E-state index < -0.39 is 23.4 Å². The van der Waals surface area contributed by atoms with Gasteiger partial charge in [-0.3, -0.25) is 20.4 Å². The van der Waals surface area contributed by atoms with E-state index >= 15 is 0 Å². The van der Waals surface area contributed by atoms with Crippen LogP contribution in [-0.4, -0.2) is 23.4 Å². The summed E-state index contributed by atoms with van der Waals surface area (Å²) in [6, 6.07) is 14.1. The Kier molecular flexibility index (Phi) is 4.75. The number of ether oxygens (including phenoxy) is 1. The molecule has 0 saturated carbocycles. The van der Waals surface area contributed by atoms with Gasteiger partial charge in [0.2, 0.25) is 0 Å². The number of benzene rings is 2. The molecule has 2 amide bonds. The van der Waals surface area contributed by atoms with Gasteiger partial charge in [-0.25, -0.2) is 4.79 Å². The smallest absolute Gasteiger partial charge is 0.339 e. The van der Waals surface area contributed by atoms with Crippen molar-refractivity contribution in [2.24, 2.45) is 0 Å². The summed E-state index contributed by atoms with van der Waals surface area (Å²) in [6.45, 7) is 3.55. The molecule has 1 heterocycles. The lowest BCUT2D eigenvalue weighted by molar-refractivity contribution is -0.140. The lowest BCUT2D eigenvalue weighted by atomic mass is 9.89. The van der Waals surface area contributed by atoms with Crippen molar-refractivity contribution >= 4 is 17.8 Å². The van der Waals surface area contributed by atoms with Gasteiger partial charge in [0.1, 0.15) is 0 Å². The summed E-state index contributed by atoms with van der Waals surface area (Å²) in [7, 11) is 0. The van der Waals surface area contributed by atoms with Crippen molar-refractivity contribution in [2.45, 2.75) is 32.3 Å². The minimum atomic E-state index is -1.38. The number of rotatable bonds is 3. The average Bonchev–Trinajstić information content (AvgIpc) is 2.65. The number of nitrogens with one attached hydrogen (secondary N) is 2. The molecule has 3 rings (SSSR count). The van der Waals surface area contributed by atoms with E-state index in [4.69, 9.17) is 4.74 Å². The SMILES string of the molecule is CCc1ccc(C(=O)NNC(=O)C2(C)Cc3ccccc3C(=O)O2)cc1. The van der Waals surface area contributed by atoms with Crippen molar-refractivity contribution in [3.63, 3.8) is 0 Å². The first-order valence-corrected chi connectivity index (χ1v) is 8.44. The maximum atomic E-state index is 12.5. The third-order valence-corrected chi connectivity index (χ3v) is 4.48. The van der Waals surface area contributed by atoms with Crippen molar-refractivity contribution in [1.82, 2.24) is 10.9 Å². The zero-order valence-corrected chi connectivity index (χ0v) is 14.7. The van der Waals surface area contributed by atoms with Gasteiger partial charge in [-0.2, -0.15) is 0 Å². The van der Waals surface area contributed by atoms with Crippen LogP contribution in [-0.2, 0) is 22.4 Å². The van der Waals surface area contributed by atoms with E-state index in [0.29, 0.717) is 11.1 Å². The maximum absolute atomic E-state index is 12.5. The van der Waals surface area contributed by atoms with Crippen molar-refractivity contribution < 1.29 is 19.1 Å². The fourth-order valence-corrected chi connectivity index (χ4v) is 2.87. The largest absolute Gasteiger partial charge is 0.445 e. The zero-order chi connectivity index (χ0) is 18.7. The quantitative estimate of drug-likeness (QED) is 0.655. The Morgan fingerprint density at radius 2 is 1.77 bits per heavy atom. The number of cyclic esters (lactones) is 1. The molecule has 2 N–H and O–H groups in total. The van der Waals surface area contributed by atoms with Crippen LogP contribution in [0.25, 0.3) is 0 Å². The molecule has 2 aromatic rings. The van der Waals surface area contributed by atoms with Gasteiger partial charge < -0.3 is 4.74 Å². The molecule has 0 spiro atoms. The van der Waals surface area contributed by atoms with Crippen LogP contribution in [0.2, 0.25) is 0 Å². The van der Waals surface area contributed by atoms with Crippen LogP contribution in [0.5, 0.6) is 0 Å². The number of hydrogen-bond acceptors (Lipinski definition) is 4. The fourth-order valence-electron chi connectivity index (χ4n) is 2.87. The fraction of sp³-hybridized carbons (Fsp3) is 0.250. The first kappa shape index (κ1) is 17.7. The molecule has 0 saturated heterocycles. The number of aryl methyl sites for hydroxylation is 1. The van der Waals surface area contributed by atoms with Gasteiger partial charge in [-0.05, 0) is 42.7 Å². The predicted octanol–water partition coefficient (Wildman–Crippen LogP) is 2.18. The molecule has 1 unspecified atom stereocenters. The van der Waals surface area contributed by atoms with E-state index in [0.717, 1.165) is 17.5 Å². The van der Waals surface area contributed by atoms with E-state index in [-0.39, 0.29) is 6.42 Å². The summed E-state index contributed by atoms with van der Waals surface area (Å²) in [5.74, 6) is -1.57. The standard InChI is InChI=1S/C20H20N2O4/c1-3-13-8-10-14(11-9-13)17(23)21-22-19(25)20(2)12-15-6-4-5-7-16(15)18(24)26-20/h4-11H,3,12H2,1-2H3,(H,21,23)(H,22,25). The molecule has 134 valence electrons. The van der Waals surface area contributed by atoms with Gasteiger partial charge in [-0.15, -0.1) is 0 Å². The third-order valence-electron chi connectivity index (χ3n) is 4.48. The minimum Gasteiger partial charge on any atom is -0.445 e. The second-order valence-electron chi connectivity index (χ2n) is 6.41. The summed E-state index contributed by atoms with van der Waals surface area (Å²) in [5, 5.41) is 0. The highest BCUT2D eigenvalue weighted by atomic mass is 16.6. The second kappa shape index (κ2) is 7.00. The number of hydrogen-bond donors (Lipinski definition) is 2. The van der Waals surface area contributed by atoms with E-state index in [1.807, 2.05) is 19.1 Å². The first-order valence-electron chi connectivity index (χ1n) is 8.44. The van der Waals surface area contributed by atoms with Crippen LogP contribution >= 0.6 is 0 Å². The number of carbonyl (C=O) groups excluding carboxylic acids is 3. The van der Waals surface area contributed by atoms with Crippen LogP contribution < -0.4 is 10.9 Å². The topological polar surface area (TPSA) is 84.5 Å². The Morgan fingerprint density at radius 3 is 2.46 bits per heavy atom. The average molecular weight is 352 g/mol. The number of fused-ring (bicyclic) bond motifs is 1. The number of hydrazine groups is 1. The molecule has 6 nitrogen and oxygen atoms in total. The highest BCUT2D eigenvalue weighted by Gasteiger charge is 2.42. The van der Waals surface area contributed by atoms with E-state index in [2.05, 4.69) is 10.9 Å².